The Morgan fingerprint density at radius 2 is 2.10 bits per heavy atom. The first-order valence-corrected chi connectivity index (χ1v) is 7.02. The summed E-state index contributed by atoms with van der Waals surface area (Å²) in [6.45, 7) is 1.90. The van der Waals surface area contributed by atoms with Crippen LogP contribution in [0.15, 0.2) is 24.3 Å². The fraction of sp³-hybridized carbons (Fsp3) is 0.600. The molecule has 2 nitrogen and oxygen atoms in total. The number of nitrogens with one attached hydrogen (secondary N) is 1. The van der Waals surface area contributed by atoms with Gasteiger partial charge in [-0.2, -0.15) is 13.2 Å². The van der Waals surface area contributed by atoms with Gasteiger partial charge in [-0.3, -0.25) is 0 Å². The Kier molecular flexibility index (Phi) is 3.50. The summed E-state index contributed by atoms with van der Waals surface area (Å²) in [5.41, 5.74) is 0.0791. The lowest BCUT2D eigenvalue weighted by Crippen LogP contribution is -2.39. The summed E-state index contributed by atoms with van der Waals surface area (Å²) < 4.78 is 43.9. The quantitative estimate of drug-likeness (QED) is 0.914. The van der Waals surface area contributed by atoms with Crippen molar-refractivity contribution in [3.8, 4) is 0 Å². The SMILES string of the molecule is CC(NC1CC2CCC1O2)c1cccc(C(F)(F)F)c1. The van der Waals surface area contributed by atoms with Crippen molar-refractivity contribution < 1.29 is 17.9 Å². The molecular weight excluding hydrogens is 267 g/mol. The highest BCUT2D eigenvalue weighted by Gasteiger charge is 2.41. The molecule has 0 aromatic heterocycles. The van der Waals surface area contributed by atoms with Crippen molar-refractivity contribution in [1.82, 2.24) is 5.32 Å². The molecule has 1 aromatic rings. The minimum Gasteiger partial charge on any atom is -0.373 e. The van der Waals surface area contributed by atoms with Gasteiger partial charge in [0.1, 0.15) is 0 Å². The first-order chi connectivity index (χ1) is 9.43. The second kappa shape index (κ2) is 5.04. The summed E-state index contributed by atoms with van der Waals surface area (Å²) in [6.07, 6.45) is -0.586. The summed E-state index contributed by atoms with van der Waals surface area (Å²) >= 11 is 0. The van der Waals surface area contributed by atoms with Gasteiger partial charge in [-0.05, 0) is 43.9 Å². The largest absolute Gasteiger partial charge is 0.416 e. The van der Waals surface area contributed by atoms with E-state index in [1.54, 1.807) is 6.07 Å². The number of halogens is 3. The van der Waals surface area contributed by atoms with Gasteiger partial charge in [-0.1, -0.05) is 12.1 Å². The van der Waals surface area contributed by atoms with Gasteiger partial charge in [0, 0.05) is 12.1 Å². The van der Waals surface area contributed by atoms with Gasteiger partial charge < -0.3 is 10.1 Å². The Morgan fingerprint density at radius 3 is 2.70 bits per heavy atom. The van der Waals surface area contributed by atoms with Crippen LogP contribution in [0.5, 0.6) is 0 Å². The van der Waals surface area contributed by atoms with Crippen LogP contribution in [0, 0.1) is 0 Å². The Bertz CT molecular complexity index is 488. The van der Waals surface area contributed by atoms with Gasteiger partial charge in [0.25, 0.3) is 0 Å². The normalized spacial score (nSPS) is 30.7. The van der Waals surface area contributed by atoms with Gasteiger partial charge in [-0.15, -0.1) is 0 Å². The molecular formula is C15H18F3NO. The lowest BCUT2D eigenvalue weighted by atomic mass is 9.94. The number of hydrogen-bond acceptors (Lipinski definition) is 2. The Labute approximate surface area is 116 Å². The van der Waals surface area contributed by atoms with E-state index in [0.717, 1.165) is 25.3 Å². The highest BCUT2D eigenvalue weighted by molar-refractivity contribution is 5.27. The Hall–Kier alpha value is -1.07. The van der Waals surface area contributed by atoms with E-state index in [1.165, 1.54) is 12.1 Å². The third-order valence-corrected chi connectivity index (χ3v) is 4.28. The zero-order valence-corrected chi connectivity index (χ0v) is 11.3. The van der Waals surface area contributed by atoms with Crippen LogP contribution in [-0.4, -0.2) is 18.2 Å². The number of ether oxygens (including phenoxy) is 1. The lowest BCUT2D eigenvalue weighted by molar-refractivity contribution is -0.137. The highest BCUT2D eigenvalue weighted by atomic mass is 19.4. The Balaban J connectivity index is 1.69. The third kappa shape index (κ3) is 2.69. The zero-order valence-electron chi connectivity index (χ0n) is 11.3. The molecule has 3 rings (SSSR count). The number of rotatable bonds is 3. The standard InChI is InChI=1S/C15H18F3NO/c1-9(19-13-8-12-5-6-14(13)20-12)10-3-2-4-11(7-10)15(16,17)18/h2-4,7,9,12-14,19H,5-6,8H2,1H3. The molecule has 2 aliphatic rings. The molecule has 0 radical (unpaired) electrons. The molecule has 4 atom stereocenters. The average molecular weight is 285 g/mol. The van der Waals surface area contributed by atoms with E-state index in [4.69, 9.17) is 4.74 Å². The lowest BCUT2D eigenvalue weighted by Gasteiger charge is -2.25. The first kappa shape index (κ1) is 13.9. The number of hydrogen-bond donors (Lipinski definition) is 1. The minimum atomic E-state index is -4.29. The summed E-state index contributed by atoms with van der Waals surface area (Å²) in [7, 11) is 0. The van der Waals surface area contributed by atoms with Crippen LogP contribution in [0.25, 0.3) is 0 Å². The molecule has 2 aliphatic heterocycles. The molecule has 2 heterocycles. The van der Waals surface area contributed by atoms with Gasteiger partial charge in [0.15, 0.2) is 0 Å². The van der Waals surface area contributed by atoms with Crippen molar-refractivity contribution in [1.29, 1.82) is 0 Å². The molecule has 1 aromatic carbocycles. The number of benzene rings is 1. The second-order valence-electron chi connectivity index (χ2n) is 5.73. The van der Waals surface area contributed by atoms with Crippen LogP contribution in [0.3, 0.4) is 0 Å². The van der Waals surface area contributed by atoms with Crippen molar-refractivity contribution in [2.75, 3.05) is 0 Å². The maximum absolute atomic E-state index is 12.7. The molecule has 2 fully saturated rings. The molecule has 1 N–H and O–H groups in total. The fourth-order valence-electron chi connectivity index (χ4n) is 3.21. The smallest absolute Gasteiger partial charge is 0.373 e. The maximum Gasteiger partial charge on any atom is 0.416 e. The molecule has 0 saturated carbocycles. The molecule has 4 unspecified atom stereocenters. The molecule has 110 valence electrons. The molecule has 2 bridgehead atoms. The van der Waals surface area contributed by atoms with Crippen LogP contribution < -0.4 is 5.32 Å². The van der Waals surface area contributed by atoms with Gasteiger partial charge in [0.05, 0.1) is 17.8 Å². The summed E-state index contributed by atoms with van der Waals surface area (Å²) in [4.78, 5) is 0. The van der Waals surface area contributed by atoms with Crippen molar-refractivity contribution in [2.45, 2.75) is 56.7 Å². The minimum absolute atomic E-state index is 0.106. The number of alkyl halides is 3. The van der Waals surface area contributed by atoms with Gasteiger partial charge >= 0.3 is 6.18 Å². The van der Waals surface area contributed by atoms with Crippen molar-refractivity contribution in [3.63, 3.8) is 0 Å². The van der Waals surface area contributed by atoms with E-state index in [-0.39, 0.29) is 18.2 Å². The van der Waals surface area contributed by atoms with Crippen LogP contribution in [-0.2, 0) is 10.9 Å². The topological polar surface area (TPSA) is 21.3 Å². The zero-order chi connectivity index (χ0) is 14.3. The van der Waals surface area contributed by atoms with Gasteiger partial charge in [0.2, 0.25) is 0 Å². The van der Waals surface area contributed by atoms with Crippen LogP contribution in [0.4, 0.5) is 13.2 Å². The maximum atomic E-state index is 12.7. The molecule has 0 aliphatic carbocycles. The third-order valence-electron chi connectivity index (χ3n) is 4.28. The number of fused-ring (bicyclic) bond motifs is 2. The van der Waals surface area contributed by atoms with Crippen LogP contribution in [0.2, 0.25) is 0 Å². The summed E-state index contributed by atoms with van der Waals surface area (Å²) in [5, 5.41) is 3.41. The predicted octanol–water partition coefficient (Wildman–Crippen LogP) is 3.68. The summed E-state index contributed by atoms with van der Waals surface area (Å²) in [6, 6.07) is 5.69. The molecule has 20 heavy (non-hydrogen) atoms. The molecule has 0 spiro atoms. The van der Waals surface area contributed by atoms with Crippen molar-refractivity contribution >= 4 is 0 Å². The van der Waals surface area contributed by atoms with Gasteiger partial charge in [-0.25, -0.2) is 0 Å². The molecule has 0 amide bonds. The first-order valence-electron chi connectivity index (χ1n) is 7.02. The van der Waals surface area contributed by atoms with Crippen molar-refractivity contribution in [2.24, 2.45) is 0 Å². The van der Waals surface area contributed by atoms with E-state index in [0.29, 0.717) is 11.7 Å². The van der Waals surface area contributed by atoms with E-state index >= 15 is 0 Å². The Morgan fingerprint density at radius 1 is 1.30 bits per heavy atom. The van der Waals surface area contributed by atoms with E-state index in [1.807, 2.05) is 6.92 Å². The van der Waals surface area contributed by atoms with E-state index in [2.05, 4.69) is 5.32 Å². The van der Waals surface area contributed by atoms with E-state index < -0.39 is 11.7 Å². The van der Waals surface area contributed by atoms with Crippen molar-refractivity contribution in [3.05, 3.63) is 35.4 Å². The second-order valence-corrected chi connectivity index (χ2v) is 5.73. The fourth-order valence-corrected chi connectivity index (χ4v) is 3.21. The van der Waals surface area contributed by atoms with Crippen LogP contribution >= 0.6 is 0 Å². The van der Waals surface area contributed by atoms with E-state index in [9.17, 15) is 13.2 Å². The average Bonchev–Trinajstić information content (AvgIpc) is 3.00. The molecule has 2 saturated heterocycles. The monoisotopic (exact) mass is 285 g/mol. The van der Waals surface area contributed by atoms with Crippen LogP contribution in [0.1, 0.15) is 43.4 Å². The molecule has 5 heteroatoms. The highest BCUT2D eigenvalue weighted by Crippen LogP contribution is 2.36. The summed E-state index contributed by atoms with van der Waals surface area (Å²) in [5.74, 6) is 0. The predicted molar refractivity (Wildman–Crippen MR) is 69.3 cm³/mol.